The molecule has 14 atom stereocenters. The number of H-pyrrole nitrogens is 3. The highest BCUT2D eigenvalue weighted by Gasteiger charge is 2.39. The van der Waals surface area contributed by atoms with Gasteiger partial charge in [0.05, 0.1) is 37.9 Å². The lowest BCUT2D eigenvalue weighted by atomic mass is 9.96. The van der Waals surface area contributed by atoms with E-state index in [4.69, 9.17) is 40.1 Å². The molecule has 0 aliphatic rings. The Balaban J connectivity index is 1.67. The van der Waals surface area contributed by atoms with Crippen molar-refractivity contribution in [3.63, 3.8) is 0 Å². The summed E-state index contributed by atoms with van der Waals surface area (Å²) in [5.74, 6) is -17.7. The molecule has 0 fully saturated rings. The van der Waals surface area contributed by atoms with Crippen molar-refractivity contribution in [3.8, 4) is 0 Å². The second-order valence-corrected chi connectivity index (χ2v) is 26.7. The molecule has 0 aliphatic heterocycles. The first kappa shape index (κ1) is 90.6. The van der Waals surface area contributed by atoms with E-state index in [-0.39, 0.29) is 62.5 Å². The van der Waals surface area contributed by atoms with Crippen molar-refractivity contribution in [2.45, 2.75) is 216 Å². The van der Waals surface area contributed by atoms with Crippen LogP contribution in [0.2, 0.25) is 0 Å². The minimum atomic E-state index is -1.97. The van der Waals surface area contributed by atoms with Gasteiger partial charge >= 0.3 is 5.97 Å². The predicted molar refractivity (Wildman–Crippen MR) is 393 cm³/mol. The second kappa shape index (κ2) is 47.1. The molecule has 0 bridgehead atoms. The molecule has 0 saturated carbocycles. The van der Waals surface area contributed by atoms with Crippen LogP contribution in [0.4, 0.5) is 0 Å². The van der Waals surface area contributed by atoms with Gasteiger partial charge in [-0.05, 0) is 81.9 Å². The first-order valence-electron chi connectivity index (χ1n) is 36.1. The second-order valence-electron chi connectivity index (χ2n) is 26.7. The van der Waals surface area contributed by atoms with E-state index in [2.05, 4.69) is 88.4 Å². The third kappa shape index (κ3) is 32.0. The van der Waals surface area contributed by atoms with Gasteiger partial charge in [-0.3, -0.25) is 71.9 Å². The van der Waals surface area contributed by atoms with Gasteiger partial charge in [0, 0.05) is 74.2 Å². The molecule has 3 heterocycles. The molecule has 29 N–H and O–H groups in total. The van der Waals surface area contributed by atoms with Crippen LogP contribution in [0.25, 0.3) is 0 Å². The number of nitrogens with zero attached hydrogens (tertiary/aromatic N) is 3. The number of primary amides is 4. The number of nitrogens with two attached hydrogens (primary N) is 7. The van der Waals surface area contributed by atoms with Crippen LogP contribution in [0.15, 0.2) is 67.9 Å². The third-order valence-corrected chi connectivity index (χ3v) is 17.9. The van der Waals surface area contributed by atoms with Gasteiger partial charge in [-0.15, -0.1) is 0 Å². The minimum Gasteiger partial charge on any atom is -0.480 e. The number of nitrogens with one attached hydrogen (secondary N) is 14. The fourth-order valence-electron chi connectivity index (χ4n) is 11.2. The SMILES string of the molecule is CC[C@H](C)[C@H](N)C(=O)N[C@@H](Cc1cnc[nH]1)C(=O)N[C@H](C(=O)N[C@@H](CCCCN)C(=O)N[C@@H](Cc1ccccc1)C(=O)N[C@@H](CCCCN)C(=O)N[C@@H](CCC(N)=O)C(=O)N[C@@H](Cc1cnc[nH]1)C(=O)N[C@@H](CCC(N)=O)C(=O)N[C@@H](CC(N)=O)C(=O)N[C@@H](Cc1cnc[nH]1)C(=O)N[C@@H](CC(N)=O)C(=O)O)[C@@H](C)CC. The summed E-state index contributed by atoms with van der Waals surface area (Å²) < 4.78 is 0. The summed E-state index contributed by atoms with van der Waals surface area (Å²) in [6, 6.07) is -10.4. The number of imidazole rings is 3. The van der Waals surface area contributed by atoms with Gasteiger partial charge in [-0.1, -0.05) is 70.9 Å². The number of hydrogen-bond acceptors (Lipinski definition) is 22. The topological polar surface area (TPSA) is 694 Å². The highest BCUT2D eigenvalue weighted by Crippen LogP contribution is 2.16. The normalized spacial score (nSPS) is 14.9. The molecule has 604 valence electrons. The van der Waals surface area contributed by atoms with E-state index in [1.165, 1.54) is 37.6 Å². The summed E-state index contributed by atoms with van der Waals surface area (Å²) in [7, 11) is 0. The Morgan fingerprint density at radius 3 is 1.05 bits per heavy atom. The van der Waals surface area contributed by atoms with E-state index in [1.54, 1.807) is 51.1 Å². The number of amides is 15. The molecule has 4 aromatic rings. The Morgan fingerprint density at radius 1 is 0.382 bits per heavy atom. The maximum absolute atomic E-state index is 14.9. The summed E-state index contributed by atoms with van der Waals surface area (Å²) in [5.41, 5.74) is 41.2. The molecule has 3 aromatic heterocycles. The third-order valence-electron chi connectivity index (χ3n) is 17.9. The number of hydrogen-bond donors (Lipinski definition) is 22. The summed E-state index contributed by atoms with van der Waals surface area (Å²) in [4.78, 5) is 239. The summed E-state index contributed by atoms with van der Waals surface area (Å²) in [6.45, 7) is 7.48. The van der Waals surface area contributed by atoms with Crippen LogP contribution in [-0.2, 0) is 102 Å². The quantitative estimate of drug-likeness (QED) is 0.0183. The van der Waals surface area contributed by atoms with Crippen molar-refractivity contribution in [2.75, 3.05) is 13.1 Å². The zero-order valence-corrected chi connectivity index (χ0v) is 61.9. The van der Waals surface area contributed by atoms with Gasteiger partial charge in [-0.25, -0.2) is 19.7 Å². The summed E-state index contributed by atoms with van der Waals surface area (Å²) in [6.07, 6.45) is 4.56. The Labute approximate surface area is 633 Å². The number of carbonyl (C=O) groups excluding carboxylic acids is 15. The van der Waals surface area contributed by atoms with Gasteiger partial charge in [0.2, 0.25) is 88.6 Å². The molecule has 0 radical (unpaired) electrons. The number of rotatable bonds is 53. The van der Waals surface area contributed by atoms with Crippen molar-refractivity contribution in [1.82, 2.24) is 88.4 Å². The number of aromatic nitrogens is 6. The van der Waals surface area contributed by atoms with Crippen LogP contribution < -0.4 is 98.6 Å². The van der Waals surface area contributed by atoms with Crippen molar-refractivity contribution < 1.29 is 81.8 Å². The molecule has 0 unspecified atom stereocenters. The van der Waals surface area contributed by atoms with Crippen molar-refractivity contribution in [2.24, 2.45) is 52.0 Å². The molecule has 41 nitrogen and oxygen atoms in total. The zero-order chi connectivity index (χ0) is 81.6. The monoisotopic (exact) mass is 1540 g/mol. The van der Waals surface area contributed by atoms with Crippen molar-refractivity contribution >= 4 is 94.6 Å². The van der Waals surface area contributed by atoms with Gasteiger partial charge in [0.1, 0.15) is 66.5 Å². The lowest BCUT2D eigenvalue weighted by molar-refractivity contribution is -0.144. The number of benzene rings is 1. The smallest absolute Gasteiger partial charge is 0.326 e. The predicted octanol–water partition coefficient (Wildman–Crippen LogP) is -6.50. The van der Waals surface area contributed by atoms with Crippen molar-refractivity contribution in [3.05, 3.63) is 90.5 Å². The van der Waals surface area contributed by atoms with E-state index in [0.29, 0.717) is 43.4 Å². The van der Waals surface area contributed by atoms with E-state index in [0.717, 1.165) is 0 Å². The summed E-state index contributed by atoms with van der Waals surface area (Å²) >= 11 is 0. The number of carbonyl (C=O) groups is 16. The first-order chi connectivity index (χ1) is 52.3. The molecule has 0 aliphatic carbocycles. The number of unbranched alkanes of at least 4 members (excludes halogenated alkanes) is 2. The average Bonchev–Trinajstić information content (AvgIpc) is 0.986. The van der Waals surface area contributed by atoms with Crippen LogP contribution in [0, 0.1) is 11.8 Å². The molecular weight excluding hydrogens is 1440 g/mol. The van der Waals surface area contributed by atoms with Crippen LogP contribution in [0.5, 0.6) is 0 Å². The van der Waals surface area contributed by atoms with Crippen LogP contribution in [0.3, 0.4) is 0 Å². The number of aromatic amines is 3. The maximum Gasteiger partial charge on any atom is 0.326 e. The molecule has 15 amide bonds. The number of carboxylic acids is 1. The lowest BCUT2D eigenvalue weighted by Crippen LogP contribution is -2.61. The summed E-state index contributed by atoms with van der Waals surface area (Å²) in [5, 5.41) is 37.5. The molecule has 4 rings (SSSR count). The standard InChI is InChI=1S/C69H106N24O17/c1-5-36(3)56(76)67(107)91-49(27-41-32-79-35-82-41)66(106)93-57(37(4)6-2)68(108)86-43(17-11-13-23-71)59(99)87-46(24-38-14-8-7-9-15-38)62(102)83-42(16-10-12-22-70)58(98)84-44(18-20-52(72)94)60(100)88-47(25-39-30-77-33-80-39)63(103)85-45(19-21-53(73)95)61(101)90-50(28-54(74)96)65(105)89-48(26-40-31-78-34-81-40)64(104)92-51(69(109)110)29-55(75)97/h7-9,14-15,30-37,42-51,56-57H,5-6,10-13,16-29,70-71,76H2,1-4H3,(H2,72,94)(H2,73,95)(H2,74,96)(H2,75,97)(H,77,80)(H,78,81)(H,79,82)(H,83,102)(H,84,98)(H,85,103)(H,86,108)(H,87,99)(H,88,100)(H,89,105)(H,90,101)(H,91,107)(H,92,104)(H,93,106)(H,109,110)/t36-,37-,42-,43-,44-,45-,46-,47-,48-,49-,50-,51-,56-,57-/m0/s1. The van der Waals surface area contributed by atoms with Gasteiger partial charge in [-0.2, -0.15) is 0 Å². The van der Waals surface area contributed by atoms with Crippen LogP contribution >= 0.6 is 0 Å². The van der Waals surface area contributed by atoms with Gasteiger partial charge in [0.15, 0.2) is 0 Å². The van der Waals surface area contributed by atoms with E-state index >= 15 is 0 Å². The Hall–Kier alpha value is -11.7. The highest BCUT2D eigenvalue weighted by atomic mass is 16.4. The fourth-order valence-corrected chi connectivity index (χ4v) is 11.2. The fraction of sp³-hybridized carbons (Fsp3) is 0.551. The Kier molecular flexibility index (Phi) is 38.8. The number of carboxylic acid groups (broad SMARTS) is 1. The van der Waals surface area contributed by atoms with Gasteiger partial charge in [0.25, 0.3) is 0 Å². The largest absolute Gasteiger partial charge is 0.480 e. The zero-order valence-electron chi connectivity index (χ0n) is 61.9. The van der Waals surface area contributed by atoms with Crippen LogP contribution in [-0.4, -0.2) is 215 Å². The maximum atomic E-state index is 14.9. The van der Waals surface area contributed by atoms with Gasteiger partial charge < -0.3 is 119 Å². The molecule has 0 saturated heterocycles. The van der Waals surface area contributed by atoms with E-state index < -0.39 is 224 Å². The molecule has 1 aromatic carbocycles. The minimum absolute atomic E-state index is 0.0152. The molecule has 0 spiro atoms. The molecular formula is C69H106N24O17. The van der Waals surface area contributed by atoms with Crippen LogP contribution in [0.1, 0.15) is 140 Å². The highest BCUT2D eigenvalue weighted by molar-refractivity contribution is 6.01. The molecule has 41 heteroatoms. The molecule has 110 heavy (non-hydrogen) atoms. The van der Waals surface area contributed by atoms with E-state index in [1.807, 2.05) is 6.92 Å². The first-order valence-corrected chi connectivity index (χ1v) is 36.1. The Bertz CT molecular complexity index is 3700. The lowest BCUT2D eigenvalue weighted by Gasteiger charge is -2.30. The Morgan fingerprint density at radius 2 is 0.700 bits per heavy atom. The average molecular weight is 1540 g/mol. The van der Waals surface area contributed by atoms with Crippen molar-refractivity contribution in [1.29, 1.82) is 0 Å². The van der Waals surface area contributed by atoms with E-state index in [9.17, 15) is 81.8 Å². The number of aliphatic carboxylic acids is 1.